The van der Waals surface area contributed by atoms with Crippen molar-refractivity contribution in [1.29, 1.82) is 0 Å². The van der Waals surface area contributed by atoms with Gasteiger partial charge in [-0.3, -0.25) is 14.5 Å². The Morgan fingerprint density at radius 2 is 1.85 bits per heavy atom. The van der Waals surface area contributed by atoms with E-state index in [2.05, 4.69) is 42.0 Å². The first-order chi connectivity index (χ1) is 9.35. The summed E-state index contributed by atoms with van der Waals surface area (Å²) in [4.78, 5) is 25.8. The Morgan fingerprint density at radius 1 is 1.20 bits per heavy atom. The molecule has 0 atom stereocenters. The normalized spacial score (nSPS) is 14.9. The van der Waals surface area contributed by atoms with Gasteiger partial charge < -0.3 is 5.32 Å². The van der Waals surface area contributed by atoms with Crippen LogP contribution < -0.4 is 5.32 Å². The standard InChI is InChI=1S/C15H19BrN2O2/c1-4-15(2,3)17-7-8-18-13(19)11-6-5-10(16)9-12(11)14(18)20/h5-6,9,17H,4,7-8H2,1-3H3. The predicted octanol–water partition coefficient (Wildman–Crippen LogP) is 2.82. The summed E-state index contributed by atoms with van der Waals surface area (Å²) in [7, 11) is 0. The van der Waals surface area contributed by atoms with Crippen LogP contribution in [0.4, 0.5) is 0 Å². The Balaban J connectivity index is 2.06. The van der Waals surface area contributed by atoms with Gasteiger partial charge >= 0.3 is 0 Å². The molecule has 0 bridgehead atoms. The molecule has 0 aliphatic carbocycles. The van der Waals surface area contributed by atoms with Crippen LogP contribution in [0.3, 0.4) is 0 Å². The third-order valence-electron chi connectivity index (χ3n) is 3.76. The number of amides is 2. The molecule has 1 aliphatic heterocycles. The van der Waals surface area contributed by atoms with Crippen LogP contribution in [0.15, 0.2) is 22.7 Å². The van der Waals surface area contributed by atoms with Crippen LogP contribution in [0.5, 0.6) is 0 Å². The summed E-state index contributed by atoms with van der Waals surface area (Å²) in [5.41, 5.74) is 0.994. The van der Waals surface area contributed by atoms with Crippen molar-refractivity contribution >= 4 is 27.7 Å². The molecule has 1 aromatic rings. The first-order valence-electron chi connectivity index (χ1n) is 6.76. The van der Waals surface area contributed by atoms with Gasteiger partial charge in [0, 0.05) is 23.1 Å². The smallest absolute Gasteiger partial charge is 0.261 e. The molecule has 0 fully saturated rings. The fourth-order valence-electron chi connectivity index (χ4n) is 2.10. The van der Waals surface area contributed by atoms with Crippen LogP contribution in [0.25, 0.3) is 0 Å². The summed E-state index contributed by atoms with van der Waals surface area (Å²) < 4.78 is 0.810. The summed E-state index contributed by atoms with van der Waals surface area (Å²) in [5, 5.41) is 3.36. The number of carbonyl (C=O) groups is 2. The molecule has 20 heavy (non-hydrogen) atoms. The zero-order valence-corrected chi connectivity index (χ0v) is 13.6. The second-order valence-corrected chi connectivity index (χ2v) is 6.53. The summed E-state index contributed by atoms with van der Waals surface area (Å²) in [5.74, 6) is -0.406. The maximum absolute atomic E-state index is 12.2. The molecule has 0 saturated heterocycles. The molecule has 2 amide bonds. The van der Waals surface area contributed by atoms with E-state index in [-0.39, 0.29) is 17.4 Å². The number of fused-ring (bicyclic) bond motifs is 1. The number of nitrogens with zero attached hydrogens (tertiary/aromatic N) is 1. The summed E-state index contributed by atoms with van der Waals surface area (Å²) >= 11 is 3.33. The minimum Gasteiger partial charge on any atom is -0.310 e. The highest BCUT2D eigenvalue weighted by molar-refractivity contribution is 9.10. The number of nitrogens with one attached hydrogen (secondary N) is 1. The van der Waals surface area contributed by atoms with E-state index in [9.17, 15) is 9.59 Å². The first-order valence-corrected chi connectivity index (χ1v) is 7.56. The fraction of sp³-hybridized carbons (Fsp3) is 0.467. The van der Waals surface area contributed by atoms with Crippen LogP contribution in [-0.2, 0) is 0 Å². The van der Waals surface area contributed by atoms with Gasteiger partial charge in [0.25, 0.3) is 11.8 Å². The Bertz CT molecular complexity index is 555. The third-order valence-corrected chi connectivity index (χ3v) is 4.25. The molecule has 0 spiro atoms. The van der Waals surface area contributed by atoms with Crippen molar-refractivity contribution in [2.24, 2.45) is 0 Å². The highest BCUT2D eigenvalue weighted by Crippen LogP contribution is 2.25. The number of imide groups is 1. The Labute approximate surface area is 127 Å². The van der Waals surface area contributed by atoms with Crippen LogP contribution in [0, 0.1) is 0 Å². The lowest BCUT2D eigenvalue weighted by Gasteiger charge is -2.25. The maximum atomic E-state index is 12.2. The Morgan fingerprint density at radius 3 is 2.50 bits per heavy atom. The van der Waals surface area contributed by atoms with Gasteiger partial charge in [0.2, 0.25) is 0 Å². The molecule has 1 N–H and O–H groups in total. The monoisotopic (exact) mass is 338 g/mol. The molecule has 2 rings (SSSR count). The lowest BCUT2D eigenvalue weighted by atomic mass is 10.0. The topological polar surface area (TPSA) is 49.4 Å². The van der Waals surface area contributed by atoms with E-state index < -0.39 is 0 Å². The minimum atomic E-state index is -0.206. The zero-order chi connectivity index (χ0) is 14.9. The molecule has 108 valence electrons. The van der Waals surface area contributed by atoms with Crippen molar-refractivity contribution in [3.05, 3.63) is 33.8 Å². The summed E-state index contributed by atoms with van der Waals surface area (Å²) in [6.07, 6.45) is 0.988. The van der Waals surface area contributed by atoms with Gasteiger partial charge in [-0.2, -0.15) is 0 Å². The zero-order valence-electron chi connectivity index (χ0n) is 12.0. The molecular weight excluding hydrogens is 320 g/mol. The highest BCUT2D eigenvalue weighted by atomic mass is 79.9. The van der Waals surface area contributed by atoms with Crippen molar-refractivity contribution in [2.45, 2.75) is 32.7 Å². The van der Waals surface area contributed by atoms with E-state index in [0.717, 1.165) is 10.9 Å². The highest BCUT2D eigenvalue weighted by Gasteiger charge is 2.35. The number of hydrogen-bond donors (Lipinski definition) is 1. The Hall–Kier alpha value is -1.20. The number of benzene rings is 1. The second-order valence-electron chi connectivity index (χ2n) is 5.62. The molecule has 0 aromatic heterocycles. The Kier molecular flexibility index (Phi) is 4.30. The van der Waals surface area contributed by atoms with Gasteiger partial charge in [0.05, 0.1) is 11.1 Å². The van der Waals surface area contributed by atoms with Crippen LogP contribution in [0.1, 0.15) is 47.9 Å². The largest absolute Gasteiger partial charge is 0.310 e. The van der Waals surface area contributed by atoms with Gasteiger partial charge in [-0.25, -0.2) is 0 Å². The average Bonchev–Trinajstić information content (AvgIpc) is 2.63. The molecule has 0 radical (unpaired) electrons. The lowest BCUT2D eigenvalue weighted by molar-refractivity contribution is 0.0652. The molecule has 4 nitrogen and oxygen atoms in total. The quantitative estimate of drug-likeness (QED) is 0.840. The number of halogens is 1. The van der Waals surface area contributed by atoms with Gasteiger partial charge in [-0.15, -0.1) is 0 Å². The molecule has 0 saturated carbocycles. The first kappa shape index (κ1) is 15.2. The summed E-state index contributed by atoms with van der Waals surface area (Å²) in [6, 6.07) is 5.19. The van der Waals surface area contributed by atoms with E-state index in [4.69, 9.17) is 0 Å². The van der Waals surface area contributed by atoms with E-state index in [1.165, 1.54) is 4.90 Å². The van der Waals surface area contributed by atoms with E-state index >= 15 is 0 Å². The molecular formula is C15H19BrN2O2. The number of hydrogen-bond acceptors (Lipinski definition) is 3. The van der Waals surface area contributed by atoms with Gasteiger partial charge in [0.15, 0.2) is 0 Å². The molecule has 5 heteroatoms. The predicted molar refractivity (Wildman–Crippen MR) is 81.9 cm³/mol. The number of carbonyl (C=O) groups excluding carboxylic acids is 2. The van der Waals surface area contributed by atoms with Crippen molar-refractivity contribution < 1.29 is 9.59 Å². The maximum Gasteiger partial charge on any atom is 0.261 e. The van der Waals surface area contributed by atoms with Crippen molar-refractivity contribution in [3.63, 3.8) is 0 Å². The average molecular weight is 339 g/mol. The molecule has 1 heterocycles. The second kappa shape index (κ2) is 5.66. The van der Waals surface area contributed by atoms with Gasteiger partial charge in [0.1, 0.15) is 0 Å². The fourth-order valence-corrected chi connectivity index (χ4v) is 2.46. The SMILES string of the molecule is CCC(C)(C)NCCN1C(=O)c2ccc(Br)cc2C1=O. The van der Waals surface area contributed by atoms with Crippen molar-refractivity contribution in [2.75, 3.05) is 13.1 Å². The van der Waals surface area contributed by atoms with Gasteiger partial charge in [-0.05, 0) is 38.5 Å². The van der Waals surface area contributed by atoms with Crippen molar-refractivity contribution in [3.8, 4) is 0 Å². The number of rotatable bonds is 5. The van der Waals surface area contributed by atoms with Crippen molar-refractivity contribution in [1.82, 2.24) is 10.2 Å². The molecule has 1 aromatic carbocycles. The summed E-state index contributed by atoms with van der Waals surface area (Å²) in [6.45, 7) is 7.31. The van der Waals surface area contributed by atoms with E-state index in [1.807, 2.05) is 0 Å². The minimum absolute atomic E-state index is 0.0156. The van der Waals surface area contributed by atoms with Crippen LogP contribution >= 0.6 is 15.9 Å². The lowest BCUT2D eigenvalue weighted by Crippen LogP contribution is -2.44. The van der Waals surface area contributed by atoms with Gasteiger partial charge in [-0.1, -0.05) is 22.9 Å². The van der Waals surface area contributed by atoms with E-state index in [1.54, 1.807) is 18.2 Å². The molecule has 1 aliphatic rings. The third kappa shape index (κ3) is 2.94. The molecule has 0 unspecified atom stereocenters. The van der Waals surface area contributed by atoms with Crippen LogP contribution in [0.2, 0.25) is 0 Å². The van der Waals surface area contributed by atoms with E-state index in [0.29, 0.717) is 24.2 Å². The van der Waals surface area contributed by atoms with Crippen LogP contribution in [-0.4, -0.2) is 35.3 Å².